The molecule has 0 atom stereocenters. The fraction of sp³-hybridized carbons (Fsp3) is 0.562. The summed E-state index contributed by atoms with van der Waals surface area (Å²) >= 11 is 0. The lowest BCUT2D eigenvalue weighted by atomic mass is 9.77. The highest BCUT2D eigenvalue weighted by Crippen LogP contribution is 2.37. The van der Waals surface area contributed by atoms with Crippen LogP contribution in [0, 0.1) is 5.41 Å². The Morgan fingerprint density at radius 1 is 1.38 bits per heavy atom. The van der Waals surface area contributed by atoms with Crippen LogP contribution in [-0.2, 0) is 16.0 Å². The molecule has 0 bridgehead atoms. The number of aryl methyl sites for hydroxylation is 1. The van der Waals surface area contributed by atoms with Gasteiger partial charge in [-0.25, -0.2) is 0 Å². The molecule has 5 nitrogen and oxygen atoms in total. The highest BCUT2D eigenvalue weighted by Gasteiger charge is 2.41. The molecule has 112 valence electrons. The number of carbonyl (C=O) groups excluding carboxylic acids is 2. The number of nitrogens with zero attached hydrogens (tertiary/aromatic N) is 2. The molecule has 0 radical (unpaired) electrons. The molecular formula is C16H21N3O2. The van der Waals surface area contributed by atoms with Gasteiger partial charge in [0.1, 0.15) is 0 Å². The third kappa shape index (κ3) is 3.23. The molecular weight excluding hydrogens is 266 g/mol. The number of hydrogen-bond acceptors (Lipinski definition) is 3. The van der Waals surface area contributed by atoms with E-state index in [1.165, 1.54) is 0 Å². The molecule has 2 fully saturated rings. The summed E-state index contributed by atoms with van der Waals surface area (Å²) in [7, 11) is 0. The molecule has 3 heterocycles. The normalized spacial score (nSPS) is 20.6. The molecule has 0 unspecified atom stereocenters. The van der Waals surface area contributed by atoms with Crippen molar-refractivity contribution in [3.05, 3.63) is 30.1 Å². The molecule has 3 rings (SSSR count). The third-order valence-corrected chi connectivity index (χ3v) is 4.72. The van der Waals surface area contributed by atoms with E-state index in [0.29, 0.717) is 12.8 Å². The molecule has 1 aromatic heterocycles. The second-order valence-electron chi connectivity index (χ2n) is 6.20. The van der Waals surface area contributed by atoms with Crippen LogP contribution in [0.5, 0.6) is 0 Å². The first-order chi connectivity index (χ1) is 10.2. The minimum Gasteiger partial charge on any atom is -0.356 e. The zero-order valence-electron chi connectivity index (χ0n) is 12.2. The Bertz CT molecular complexity index is 522. The van der Waals surface area contributed by atoms with Gasteiger partial charge in [-0.2, -0.15) is 0 Å². The first kappa shape index (κ1) is 14.0. The predicted octanol–water partition coefficient (Wildman–Crippen LogP) is 1.14. The summed E-state index contributed by atoms with van der Waals surface area (Å²) in [5, 5.41) is 2.92. The van der Waals surface area contributed by atoms with Crippen LogP contribution in [0.3, 0.4) is 0 Å². The number of carbonyl (C=O) groups is 2. The van der Waals surface area contributed by atoms with Gasteiger partial charge < -0.3 is 10.2 Å². The number of nitrogens with one attached hydrogen (secondary N) is 1. The van der Waals surface area contributed by atoms with Crippen molar-refractivity contribution in [2.24, 2.45) is 5.41 Å². The van der Waals surface area contributed by atoms with Gasteiger partial charge in [0, 0.05) is 44.9 Å². The van der Waals surface area contributed by atoms with Gasteiger partial charge in [0.05, 0.1) is 0 Å². The second-order valence-corrected chi connectivity index (χ2v) is 6.20. The van der Waals surface area contributed by atoms with Gasteiger partial charge in [0.25, 0.3) is 0 Å². The second kappa shape index (κ2) is 5.84. The lowest BCUT2D eigenvalue weighted by molar-refractivity contribution is -0.133. The molecule has 2 aliphatic heterocycles. The van der Waals surface area contributed by atoms with Crippen molar-refractivity contribution < 1.29 is 9.59 Å². The Labute approximate surface area is 124 Å². The third-order valence-electron chi connectivity index (χ3n) is 4.72. The highest BCUT2D eigenvalue weighted by molar-refractivity contribution is 5.79. The largest absolute Gasteiger partial charge is 0.356 e. The predicted molar refractivity (Wildman–Crippen MR) is 78.4 cm³/mol. The van der Waals surface area contributed by atoms with Crippen molar-refractivity contribution in [3.63, 3.8) is 0 Å². The molecule has 2 amide bonds. The first-order valence-electron chi connectivity index (χ1n) is 7.60. The Morgan fingerprint density at radius 2 is 2.19 bits per heavy atom. The summed E-state index contributed by atoms with van der Waals surface area (Å²) in [6, 6.07) is 3.90. The van der Waals surface area contributed by atoms with E-state index in [-0.39, 0.29) is 17.2 Å². The monoisotopic (exact) mass is 287 g/mol. The summed E-state index contributed by atoms with van der Waals surface area (Å²) < 4.78 is 0. The molecule has 2 aliphatic rings. The van der Waals surface area contributed by atoms with Crippen molar-refractivity contribution in [1.29, 1.82) is 0 Å². The Hall–Kier alpha value is -1.91. The van der Waals surface area contributed by atoms with E-state index in [9.17, 15) is 9.59 Å². The van der Waals surface area contributed by atoms with Gasteiger partial charge in [-0.3, -0.25) is 14.6 Å². The van der Waals surface area contributed by atoms with Crippen molar-refractivity contribution in [2.45, 2.75) is 32.1 Å². The van der Waals surface area contributed by atoms with E-state index in [0.717, 1.165) is 44.5 Å². The smallest absolute Gasteiger partial charge is 0.222 e. The average molecular weight is 287 g/mol. The fourth-order valence-corrected chi connectivity index (χ4v) is 3.29. The number of amides is 2. The molecule has 0 aromatic carbocycles. The molecule has 0 saturated carbocycles. The summed E-state index contributed by atoms with van der Waals surface area (Å²) in [4.78, 5) is 29.7. The zero-order chi connectivity index (χ0) is 14.7. The molecule has 1 spiro atoms. The summed E-state index contributed by atoms with van der Waals surface area (Å²) in [5.74, 6) is 0.373. The number of pyridine rings is 1. The Morgan fingerprint density at radius 3 is 2.81 bits per heavy atom. The number of piperidine rings is 1. The molecule has 2 saturated heterocycles. The molecule has 1 aromatic rings. The molecule has 5 heteroatoms. The van der Waals surface area contributed by atoms with Crippen LogP contribution in [0.2, 0.25) is 0 Å². The van der Waals surface area contributed by atoms with Crippen molar-refractivity contribution in [1.82, 2.24) is 15.2 Å². The Balaban J connectivity index is 1.48. The van der Waals surface area contributed by atoms with Crippen LogP contribution < -0.4 is 5.32 Å². The highest BCUT2D eigenvalue weighted by atomic mass is 16.2. The van der Waals surface area contributed by atoms with Crippen LogP contribution in [0.25, 0.3) is 0 Å². The maximum atomic E-state index is 12.3. The van der Waals surface area contributed by atoms with Gasteiger partial charge in [0.15, 0.2) is 0 Å². The minimum absolute atomic E-state index is 0.108. The van der Waals surface area contributed by atoms with Crippen LogP contribution in [0.15, 0.2) is 24.5 Å². The van der Waals surface area contributed by atoms with E-state index in [2.05, 4.69) is 10.3 Å². The van der Waals surface area contributed by atoms with Gasteiger partial charge in [-0.1, -0.05) is 6.07 Å². The lowest BCUT2D eigenvalue weighted by Gasteiger charge is -2.38. The topological polar surface area (TPSA) is 62.3 Å². The Kier molecular flexibility index (Phi) is 3.90. The maximum absolute atomic E-state index is 12.3. The van der Waals surface area contributed by atoms with Crippen molar-refractivity contribution in [2.75, 3.05) is 19.6 Å². The van der Waals surface area contributed by atoms with Crippen LogP contribution in [-0.4, -0.2) is 41.3 Å². The summed E-state index contributed by atoms with van der Waals surface area (Å²) in [5.41, 5.74) is 1.21. The van der Waals surface area contributed by atoms with E-state index >= 15 is 0 Å². The van der Waals surface area contributed by atoms with Gasteiger partial charge in [-0.05, 0) is 36.3 Å². The van der Waals surface area contributed by atoms with Gasteiger partial charge in [-0.15, -0.1) is 0 Å². The quantitative estimate of drug-likeness (QED) is 0.907. The minimum atomic E-state index is 0.108. The van der Waals surface area contributed by atoms with Crippen molar-refractivity contribution >= 4 is 11.8 Å². The standard InChI is InChI=1S/C16H21N3O2/c20-14-10-16(12-18-14)5-8-19(9-6-16)15(21)4-3-13-2-1-7-17-11-13/h1-2,7,11H,3-6,8-10,12H2,(H,18,20). The van der Waals surface area contributed by atoms with E-state index in [1.54, 1.807) is 6.20 Å². The van der Waals surface area contributed by atoms with Gasteiger partial charge >= 0.3 is 0 Å². The molecule has 1 N–H and O–H groups in total. The van der Waals surface area contributed by atoms with Crippen LogP contribution in [0.4, 0.5) is 0 Å². The number of rotatable bonds is 3. The lowest BCUT2D eigenvalue weighted by Crippen LogP contribution is -2.44. The maximum Gasteiger partial charge on any atom is 0.222 e. The SMILES string of the molecule is O=C1CC2(CCN(C(=O)CCc3cccnc3)CC2)CN1. The van der Waals surface area contributed by atoms with Crippen molar-refractivity contribution in [3.8, 4) is 0 Å². The summed E-state index contributed by atoms with van der Waals surface area (Å²) in [6.45, 7) is 2.34. The number of hydrogen-bond donors (Lipinski definition) is 1. The van der Waals surface area contributed by atoms with Crippen LogP contribution in [0.1, 0.15) is 31.2 Å². The molecule has 21 heavy (non-hydrogen) atoms. The van der Waals surface area contributed by atoms with E-state index in [1.807, 2.05) is 23.2 Å². The zero-order valence-corrected chi connectivity index (χ0v) is 12.2. The molecule has 0 aliphatic carbocycles. The van der Waals surface area contributed by atoms with E-state index in [4.69, 9.17) is 0 Å². The van der Waals surface area contributed by atoms with Gasteiger partial charge in [0.2, 0.25) is 11.8 Å². The fourth-order valence-electron chi connectivity index (χ4n) is 3.29. The van der Waals surface area contributed by atoms with Crippen LogP contribution >= 0.6 is 0 Å². The number of likely N-dealkylation sites (tertiary alicyclic amines) is 1. The van der Waals surface area contributed by atoms with E-state index < -0.39 is 0 Å². The number of aromatic nitrogens is 1. The summed E-state index contributed by atoms with van der Waals surface area (Å²) in [6.07, 6.45) is 7.34. The average Bonchev–Trinajstić information content (AvgIpc) is 2.87. The first-order valence-corrected chi connectivity index (χ1v) is 7.60.